The SMILES string of the molecule is FC(F)(F)c1nnc2ccc(N3CCC4(CC3)CC4(F)F)nn12. The van der Waals surface area contributed by atoms with Gasteiger partial charge in [-0.1, -0.05) is 0 Å². The van der Waals surface area contributed by atoms with Crippen LogP contribution in [0.1, 0.15) is 25.1 Å². The van der Waals surface area contributed by atoms with E-state index in [0.29, 0.717) is 36.3 Å². The van der Waals surface area contributed by atoms with Crippen molar-refractivity contribution in [1.82, 2.24) is 19.8 Å². The molecule has 4 rings (SSSR count). The molecule has 1 aliphatic carbocycles. The molecular formula is C13H12F5N5. The number of nitrogens with zero attached hydrogens (tertiary/aromatic N) is 5. The molecule has 1 aliphatic heterocycles. The van der Waals surface area contributed by atoms with Gasteiger partial charge in [0, 0.05) is 24.9 Å². The van der Waals surface area contributed by atoms with Crippen LogP contribution in [-0.2, 0) is 6.18 Å². The van der Waals surface area contributed by atoms with Gasteiger partial charge in [0.05, 0.1) is 0 Å². The first kappa shape index (κ1) is 14.6. The Morgan fingerprint density at radius 3 is 2.26 bits per heavy atom. The van der Waals surface area contributed by atoms with Crippen molar-refractivity contribution >= 4 is 11.5 Å². The minimum Gasteiger partial charge on any atom is -0.355 e. The molecule has 5 nitrogen and oxygen atoms in total. The molecule has 2 aromatic rings. The molecule has 0 radical (unpaired) electrons. The Morgan fingerprint density at radius 2 is 1.70 bits per heavy atom. The lowest BCUT2D eigenvalue weighted by Gasteiger charge is -2.32. The van der Waals surface area contributed by atoms with E-state index in [1.807, 2.05) is 0 Å². The minimum atomic E-state index is -4.66. The van der Waals surface area contributed by atoms with Crippen molar-refractivity contribution in [2.24, 2.45) is 5.41 Å². The lowest BCUT2D eigenvalue weighted by molar-refractivity contribution is -0.146. The molecule has 0 amide bonds. The van der Waals surface area contributed by atoms with E-state index in [4.69, 9.17) is 0 Å². The predicted octanol–water partition coefficient (Wildman–Crippen LogP) is 2.77. The molecule has 3 heterocycles. The number of piperidine rings is 1. The van der Waals surface area contributed by atoms with Gasteiger partial charge in [-0.15, -0.1) is 15.3 Å². The minimum absolute atomic E-state index is 0.0109. The molecule has 2 fully saturated rings. The topological polar surface area (TPSA) is 46.3 Å². The molecule has 0 unspecified atom stereocenters. The van der Waals surface area contributed by atoms with E-state index in [1.54, 1.807) is 4.90 Å². The van der Waals surface area contributed by atoms with Gasteiger partial charge in [-0.2, -0.15) is 17.7 Å². The first-order valence-corrected chi connectivity index (χ1v) is 7.14. The highest BCUT2D eigenvalue weighted by Gasteiger charge is 2.70. The zero-order chi connectivity index (χ0) is 16.5. The van der Waals surface area contributed by atoms with E-state index in [1.165, 1.54) is 12.1 Å². The Labute approximate surface area is 127 Å². The molecule has 0 aromatic carbocycles. The van der Waals surface area contributed by atoms with Crippen LogP contribution in [0.25, 0.3) is 5.65 Å². The van der Waals surface area contributed by atoms with Crippen molar-refractivity contribution in [3.63, 3.8) is 0 Å². The molecule has 1 saturated carbocycles. The van der Waals surface area contributed by atoms with Gasteiger partial charge in [0.25, 0.3) is 11.7 Å². The molecule has 2 aliphatic rings. The summed E-state index contributed by atoms with van der Waals surface area (Å²) in [5, 5.41) is 10.5. The van der Waals surface area contributed by atoms with Crippen LogP contribution >= 0.6 is 0 Å². The maximum absolute atomic E-state index is 13.4. The molecular weight excluding hydrogens is 321 g/mol. The second kappa shape index (κ2) is 4.30. The third-order valence-corrected chi connectivity index (χ3v) is 4.76. The zero-order valence-electron chi connectivity index (χ0n) is 11.8. The Bertz CT molecular complexity index is 760. The highest BCUT2D eigenvalue weighted by Crippen LogP contribution is 2.65. The lowest BCUT2D eigenvalue weighted by atomic mass is 9.93. The van der Waals surface area contributed by atoms with E-state index in [2.05, 4.69) is 15.3 Å². The molecule has 23 heavy (non-hydrogen) atoms. The van der Waals surface area contributed by atoms with Crippen LogP contribution in [0.2, 0.25) is 0 Å². The molecule has 124 valence electrons. The van der Waals surface area contributed by atoms with Crippen molar-refractivity contribution in [3.05, 3.63) is 18.0 Å². The third-order valence-electron chi connectivity index (χ3n) is 4.76. The van der Waals surface area contributed by atoms with Gasteiger partial charge in [0.15, 0.2) is 5.65 Å². The van der Waals surface area contributed by atoms with Crippen molar-refractivity contribution < 1.29 is 22.0 Å². The summed E-state index contributed by atoms with van der Waals surface area (Å²) in [6, 6.07) is 2.92. The highest BCUT2D eigenvalue weighted by molar-refractivity contribution is 5.46. The average Bonchev–Trinajstić information content (AvgIpc) is 2.84. The maximum Gasteiger partial charge on any atom is 0.453 e. The number of hydrogen-bond acceptors (Lipinski definition) is 4. The van der Waals surface area contributed by atoms with Gasteiger partial charge in [0.2, 0.25) is 0 Å². The quantitative estimate of drug-likeness (QED) is 0.753. The standard InChI is InChI=1S/C13H12F5N5/c14-12(15)7-11(12)3-5-22(6-4-11)9-2-1-8-19-20-10(13(16,17)18)23(8)21-9/h1-2H,3-7H2. The van der Waals surface area contributed by atoms with Crippen molar-refractivity contribution in [3.8, 4) is 0 Å². The van der Waals surface area contributed by atoms with Gasteiger partial charge in [-0.05, 0) is 25.0 Å². The third kappa shape index (κ3) is 2.14. The Kier molecular flexibility index (Phi) is 2.72. The largest absolute Gasteiger partial charge is 0.453 e. The molecule has 0 N–H and O–H groups in total. The number of alkyl halides is 5. The van der Waals surface area contributed by atoms with Crippen LogP contribution in [0, 0.1) is 5.41 Å². The van der Waals surface area contributed by atoms with Crippen LogP contribution in [0.5, 0.6) is 0 Å². The lowest BCUT2D eigenvalue weighted by Crippen LogP contribution is -2.37. The van der Waals surface area contributed by atoms with E-state index >= 15 is 0 Å². The van der Waals surface area contributed by atoms with Gasteiger partial charge >= 0.3 is 6.18 Å². The van der Waals surface area contributed by atoms with Crippen LogP contribution < -0.4 is 4.90 Å². The van der Waals surface area contributed by atoms with Crippen LogP contribution in [0.3, 0.4) is 0 Å². The van der Waals surface area contributed by atoms with Crippen molar-refractivity contribution in [2.75, 3.05) is 18.0 Å². The first-order valence-electron chi connectivity index (χ1n) is 7.14. The Hall–Kier alpha value is -2.00. The fourth-order valence-electron chi connectivity index (χ4n) is 3.21. The molecule has 2 aromatic heterocycles. The maximum atomic E-state index is 13.4. The summed E-state index contributed by atoms with van der Waals surface area (Å²) >= 11 is 0. The van der Waals surface area contributed by atoms with Gasteiger partial charge in [-0.3, -0.25) is 0 Å². The fourth-order valence-corrected chi connectivity index (χ4v) is 3.21. The molecule has 0 atom stereocenters. The van der Waals surface area contributed by atoms with E-state index in [0.717, 1.165) is 0 Å². The van der Waals surface area contributed by atoms with Crippen molar-refractivity contribution in [2.45, 2.75) is 31.4 Å². The smallest absolute Gasteiger partial charge is 0.355 e. The Balaban J connectivity index is 1.61. The molecule has 0 bridgehead atoms. The molecule has 1 spiro atoms. The van der Waals surface area contributed by atoms with Crippen molar-refractivity contribution in [1.29, 1.82) is 0 Å². The number of aromatic nitrogens is 4. The van der Waals surface area contributed by atoms with Crippen LogP contribution in [0.15, 0.2) is 12.1 Å². The normalized spacial score (nSPS) is 22.7. The summed E-state index contributed by atoms with van der Waals surface area (Å²) in [7, 11) is 0. The summed E-state index contributed by atoms with van der Waals surface area (Å²) in [4.78, 5) is 1.72. The first-order chi connectivity index (χ1) is 10.7. The highest BCUT2D eigenvalue weighted by atomic mass is 19.4. The predicted molar refractivity (Wildman–Crippen MR) is 69.2 cm³/mol. The Morgan fingerprint density at radius 1 is 1.04 bits per heavy atom. The van der Waals surface area contributed by atoms with Gasteiger partial charge in [0.1, 0.15) is 5.82 Å². The molecule has 1 saturated heterocycles. The van der Waals surface area contributed by atoms with Gasteiger partial charge < -0.3 is 4.90 Å². The number of anilines is 1. The van der Waals surface area contributed by atoms with E-state index in [9.17, 15) is 22.0 Å². The number of hydrogen-bond donors (Lipinski definition) is 0. The second-order valence-corrected chi connectivity index (χ2v) is 6.13. The monoisotopic (exact) mass is 333 g/mol. The van der Waals surface area contributed by atoms with Crippen LogP contribution in [0.4, 0.5) is 27.8 Å². The number of halogens is 5. The summed E-state index contributed by atoms with van der Waals surface area (Å²) in [5.41, 5.74) is -0.926. The van der Waals surface area contributed by atoms with Gasteiger partial charge in [-0.25, -0.2) is 8.78 Å². The summed E-state index contributed by atoms with van der Waals surface area (Å²) in [6.45, 7) is 0.690. The fraction of sp³-hybridized carbons (Fsp3) is 0.615. The second-order valence-electron chi connectivity index (χ2n) is 6.13. The molecule has 10 heteroatoms. The van der Waals surface area contributed by atoms with E-state index < -0.39 is 23.3 Å². The summed E-state index contributed by atoms with van der Waals surface area (Å²) in [5.74, 6) is -3.49. The summed E-state index contributed by atoms with van der Waals surface area (Å²) in [6.07, 6.45) is -4.13. The summed E-state index contributed by atoms with van der Waals surface area (Å²) < 4.78 is 66.0. The zero-order valence-corrected chi connectivity index (χ0v) is 11.8. The number of rotatable bonds is 1. The average molecular weight is 333 g/mol. The van der Waals surface area contributed by atoms with Crippen LogP contribution in [-0.4, -0.2) is 38.8 Å². The van der Waals surface area contributed by atoms with E-state index in [-0.39, 0.29) is 12.1 Å². The number of fused-ring (bicyclic) bond motifs is 1.